The monoisotopic (exact) mass is 274 g/mol. The molecule has 0 heterocycles. The summed E-state index contributed by atoms with van der Waals surface area (Å²) in [6, 6.07) is 8.75. The quantitative estimate of drug-likeness (QED) is 0.514. The Bertz CT molecular complexity index is 663. The van der Waals surface area contributed by atoms with Crippen molar-refractivity contribution in [3.8, 4) is 0 Å². The normalized spacial score (nSPS) is 11.2. The van der Waals surface area contributed by atoms with Crippen LogP contribution in [0.2, 0.25) is 0 Å². The second-order valence-corrected chi connectivity index (χ2v) is 5.24. The van der Waals surface area contributed by atoms with Gasteiger partial charge >= 0.3 is 51.4 Å². The summed E-state index contributed by atoms with van der Waals surface area (Å²) < 4.78 is 33.6. The molecule has 5 heteroatoms. The van der Waals surface area contributed by atoms with E-state index < -0.39 is 10.1 Å². The number of rotatable bonds is 1. The molecule has 0 unspecified atom stereocenters. The molecule has 0 fully saturated rings. The molecule has 0 saturated carbocycles. The summed E-state index contributed by atoms with van der Waals surface area (Å²) in [5.74, 6) is 0. The molecule has 0 amide bonds. The van der Waals surface area contributed by atoms with Crippen LogP contribution in [-0.2, 0) is 10.1 Å². The van der Waals surface area contributed by atoms with Gasteiger partial charge in [0.1, 0.15) is 10.1 Å². The van der Waals surface area contributed by atoms with Crippen molar-refractivity contribution in [1.82, 2.24) is 0 Å². The molecule has 0 N–H and O–H groups in total. The van der Waals surface area contributed by atoms with Crippen molar-refractivity contribution in [1.29, 1.82) is 0 Å². The van der Waals surface area contributed by atoms with Gasteiger partial charge in [0.2, 0.25) is 0 Å². The van der Waals surface area contributed by atoms with Crippen LogP contribution in [0.1, 0.15) is 11.1 Å². The molecule has 0 aromatic heterocycles. The maximum atomic E-state index is 11.2. The summed E-state index contributed by atoms with van der Waals surface area (Å²) >= 11 is 0. The van der Waals surface area contributed by atoms with Crippen LogP contribution in [0.15, 0.2) is 35.2 Å². The second kappa shape index (κ2) is 5.48. The molecule has 17 heavy (non-hydrogen) atoms. The average Bonchev–Trinajstić information content (AvgIpc) is 2.15. The molecule has 84 valence electrons. The molecule has 0 aliphatic heterocycles. The summed E-state index contributed by atoms with van der Waals surface area (Å²) in [4.78, 5) is -0.124. The van der Waals surface area contributed by atoms with Gasteiger partial charge in [-0.05, 0) is 36.4 Å². The third-order valence-electron chi connectivity index (χ3n) is 2.56. The summed E-state index contributed by atoms with van der Waals surface area (Å²) in [7, 11) is -4.42. The van der Waals surface area contributed by atoms with Crippen LogP contribution in [0, 0.1) is 13.8 Å². The number of fused-ring (bicyclic) bond motifs is 1. The Kier molecular flexibility index (Phi) is 4.94. The van der Waals surface area contributed by atoms with E-state index in [1.165, 1.54) is 6.07 Å². The SMILES string of the molecule is Cc1cc(S(=O)(=O)[O-])c2c(C)cccc2c1.[K+]. The standard InChI is InChI=1S/C12H12O3S.K/c1-8-6-10-5-3-4-9(2)12(10)11(7-8)16(13,14)15;/h3-7H,1-2H3,(H,13,14,15);/q;+1/p-1. The molecule has 0 spiro atoms. The van der Waals surface area contributed by atoms with Crippen molar-refractivity contribution < 1.29 is 64.4 Å². The van der Waals surface area contributed by atoms with Crippen molar-refractivity contribution in [2.75, 3.05) is 0 Å². The Balaban J connectivity index is 0.00000144. The summed E-state index contributed by atoms with van der Waals surface area (Å²) in [6.07, 6.45) is 0. The molecule has 0 saturated heterocycles. The van der Waals surface area contributed by atoms with Crippen LogP contribution >= 0.6 is 0 Å². The zero-order valence-electron chi connectivity index (χ0n) is 10.0. The fraction of sp³-hybridized carbons (Fsp3) is 0.167. The van der Waals surface area contributed by atoms with Gasteiger partial charge in [0.25, 0.3) is 0 Å². The van der Waals surface area contributed by atoms with Crippen LogP contribution in [-0.4, -0.2) is 13.0 Å². The van der Waals surface area contributed by atoms with E-state index in [1.54, 1.807) is 19.9 Å². The van der Waals surface area contributed by atoms with Gasteiger partial charge in [-0.3, -0.25) is 0 Å². The molecule has 0 radical (unpaired) electrons. The Morgan fingerprint density at radius 1 is 1.12 bits per heavy atom. The van der Waals surface area contributed by atoms with Gasteiger partial charge in [0, 0.05) is 5.39 Å². The fourth-order valence-corrected chi connectivity index (χ4v) is 2.77. The number of hydrogen-bond donors (Lipinski definition) is 0. The van der Waals surface area contributed by atoms with Gasteiger partial charge in [-0.1, -0.05) is 24.3 Å². The molecule has 0 bridgehead atoms. The molecule has 2 rings (SSSR count). The summed E-state index contributed by atoms with van der Waals surface area (Å²) in [5, 5.41) is 1.32. The van der Waals surface area contributed by atoms with Crippen molar-refractivity contribution in [2.45, 2.75) is 18.7 Å². The predicted octanol–water partition coefficient (Wildman–Crippen LogP) is -0.635. The molecular weight excluding hydrogens is 263 g/mol. The van der Waals surface area contributed by atoms with E-state index in [-0.39, 0.29) is 56.3 Å². The third-order valence-corrected chi connectivity index (χ3v) is 3.42. The predicted molar refractivity (Wildman–Crippen MR) is 61.4 cm³/mol. The second-order valence-electron chi connectivity index (χ2n) is 3.89. The molecule has 0 aliphatic carbocycles. The van der Waals surface area contributed by atoms with E-state index in [9.17, 15) is 13.0 Å². The maximum absolute atomic E-state index is 11.2. The smallest absolute Gasteiger partial charge is 0.744 e. The van der Waals surface area contributed by atoms with Crippen molar-refractivity contribution in [3.05, 3.63) is 41.5 Å². The Morgan fingerprint density at radius 3 is 2.35 bits per heavy atom. The first-order valence-electron chi connectivity index (χ1n) is 4.85. The molecule has 2 aromatic carbocycles. The van der Waals surface area contributed by atoms with E-state index >= 15 is 0 Å². The van der Waals surface area contributed by atoms with Crippen LogP contribution in [0.3, 0.4) is 0 Å². The minimum atomic E-state index is -4.42. The zero-order valence-corrected chi connectivity index (χ0v) is 14.0. The van der Waals surface area contributed by atoms with E-state index in [1.807, 2.05) is 18.2 Å². The Hall–Kier alpha value is 0.246. The topological polar surface area (TPSA) is 57.2 Å². The third kappa shape index (κ3) is 3.17. The molecule has 3 nitrogen and oxygen atoms in total. The van der Waals surface area contributed by atoms with Gasteiger partial charge in [0.05, 0.1) is 4.90 Å². The first kappa shape index (κ1) is 15.3. The van der Waals surface area contributed by atoms with Crippen molar-refractivity contribution in [2.24, 2.45) is 0 Å². The minimum absolute atomic E-state index is 0. The molecule has 0 atom stereocenters. The van der Waals surface area contributed by atoms with Crippen LogP contribution in [0.4, 0.5) is 0 Å². The Labute approximate surface area is 143 Å². The fourth-order valence-electron chi connectivity index (χ4n) is 1.91. The van der Waals surface area contributed by atoms with Crippen LogP contribution in [0.25, 0.3) is 10.8 Å². The number of aryl methyl sites for hydroxylation is 2. The van der Waals surface area contributed by atoms with Gasteiger partial charge in [-0.25, -0.2) is 8.42 Å². The van der Waals surface area contributed by atoms with E-state index in [2.05, 4.69) is 0 Å². The largest absolute Gasteiger partial charge is 1.00 e. The average molecular weight is 274 g/mol. The van der Waals surface area contributed by atoms with Gasteiger partial charge in [0.15, 0.2) is 0 Å². The number of benzene rings is 2. The number of hydrogen-bond acceptors (Lipinski definition) is 3. The van der Waals surface area contributed by atoms with E-state index in [4.69, 9.17) is 0 Å². The molecule has 0 aliphatic rings. The van der Waals surface area contributed by atoms with Gasteiger partial charge in [-0.15, -0.1) is 0 Å². The van der Waals surface area contributed by atoms with E-state index in [0.717, 1.165) is 16.5 Å². The van der Waals surface area contributed by atoms with Gasteiger partial charge in [-0.2, -0.15) is 0 Å². The van der Waals surface area contributed by atoms with Crippen molar-refractivity contribution >= 4 is 20.9 Å². The molecule has 2 aromatic rings. The minimum Gasteiger partial charge on any atom is -0.744 e. The summed E-state index contributed by atoms with van der Waals surface area (Å²) in [6.45, 7) is 3.57. The van der Waals surface area contributed by atoms with Crippen molar-refractivity contribution in [3.63, 3.8) is 0 Å². The zero-order chi connectivity index (χ0) is 11.9. The van der Waals surface area contributed by atoms with Crippen LogP contribution in [0.5, 0.6) is 0 Å². The first-order valence-corrected chi connectivity index (χ1v) is 6.26. The van der Waals surface area contributed by atoms with E-state index in [0.29, 0.717) is 5.39 Å². The summed E-state index contributed by atoms with van der Waals surface area (Å²) in [5.41, 5.74) is 1.57. The maximum Gasteiger partial charge on any atom is 1.00 e. The molecular formula is C12H11KO3S. The Morgan fingerprint density at radius 2 is 1.76 bits per heavy atom. The first-order chi connectivity index (χ1) is 7.39. The van der Waals surface area contributed by atoms with Gasteiger partial charge < -0.3 is 4.55 Å². The van der Waals surface area contributed by atoms with Crippen LogP contribution < -0.4 is 51.4 Å².